The second kappa shape index (κ2) is 8.95. The van der Waals surface area contributed by atoms with Crippen molar-refractivity contribution in [1.82, 2.24) is 9.80 Å². The molecule has 0 radical (unpaired) electrons. The van der Waals surface area contributed by atoms with Gasteiger partial charge in [0.15, 0.2) is 6.10 Å². The van der Waals surface area contributed by atoms with E-state index in [1.807, 2.05) is 42.3 Å². The van der Waals surface area contributed by atoms with Crippen LogP contribution < -0.4 is 4.74 Å². The molecule has 2 aromatic rings. The predicted octanol–water partition coefficient (Wildman–Crippen LogP) is 3.54. The van der Waals surface area contributed by atoms with Crippen molar-refractivity contribution in [2.75, 3.05) is 33.2 Å². The SMILES string of the molecule is CN(CC1CCN(CCc2cccc(F)c2)CC1)C(=O)C1Cc2ccccc2O1. The van der Waals surface area contributed by atoms with Crippen LogP contribution in [0.5, 0.6) is 5.75 Å². The number of ether oxygens (including phenoxy) is 1. The molecular weight excluding hydrogens is 367 g/mol. The Kier molecular flexibility index (Phi) is 6.14. The van der Waals surface area contributed by atoms with Gasteiger partial charge in [-0.15, -0.1) is 0 Å². The van der Waals surface area contributed by atoms with Crippen molar-refractivity contribution in [3.8, 4) is 5.75 Å². The summed E-state index contributed by atoms with van der Waals surface area (Å²) in [6, 6.07) is 14.8. The van der Waals surface area contributed by atoms with E-state index in [1.165, 1.54) is 6.07 Å². The molecule has 0 aliphatic carbocycles. The van der Waals surface area contributed by atoms with E-state index in [0.717, 1.165) is 62.3 Å². The Morgan fingerprint density at radius 1 is 1.17 bits per heavy atom. The van der Waals surface area contributed by atoms with Gasteiger partial charge in [0.25, 0.3) is 5.91 Å². The summed E-state index contributed by atoms with van der Waals surface area (Å²) in [4.78, 5) is 17.1. The van der Waals surface area contributed by atoms with E-state index in [0.29, 0.717) is 12.3 Å². The van der Waals surface area contributed by atoms with Gasteiger partial charge in [0, 0.05) is 26.6 Å². The summed E-state index contributed by atoms with van der Waals surface area (Å²) < 4.78 is 19.2. The maximum Gasteiger partial charge on any atom is 0.263 e. The standard InChI is InChI=1S/C24H29FN2O2/c1-26(24(28)23-16-20-6-2-3-8-22(20)29-23)17-19-10-13-27(14-11-19)12-9-18-5-4-7-21(25)15-18/h2-8,15,19,23H,9-14,16-17H2,1H3. The lowest BCUT2D eigenvalue weighted by Gasteiger charge is -2.34. The van der Waals surface area contributed by atoms with E-state index in [-0.39, 0.29) is 17.8 Å². The number of para-hydroxylation sites is 1. The number of rotatable bonds is 6. The Balaban J connectivity index is 1.20. The predicted molar refractivity (Wildman–Crippen MR) is 111 cm³/mol. The molecule has 1 atom stereocenters. The van der Waals surface area contributed by atoms with E-state index < -0.39 is 0 Å². The fourth-order valence-corrected chi connectivity index (χ4v) is 4.42. The van der Waals surface area contributed by atoms with Crippen LogP contribution in [0.1, 0.15) is 24.0 Å². The van der Waals surface area contributed by atoms with Gasteiger partial charge < -0.3 is 14.5 Å². The number of benzene rings is 2. The molecule has 1 unspecified atom stereocenters. The average Bonchev–Trinajstić information content (AvgIpc) is 3.17. The average molecular weight is 397 g/mol. The summed E-state index contributed by atoms with van der Waals surface area (Å²) in [5, 5.41) is 0. The van der Waals surface area contributed by atoms with Crippen LogP contribution in [0.15, 0.2) is 48.5 Å². The Bertz CT molecular complexity index is 823. The highest BCUT2D eigenvalue weighted by molar-refractivity contribution is 5.82. The lowest BCUT2D eigenvalue weighted by Crippen LogP contribution is -2.44. The molecular formula is C24H29FN2O2. The number of likely N-dealkylation sites (N-methyl/N-ethyl adjacent to an activating group) is 1. The third kappa shape index (κ3) is 4.96. The van der Waals surface area contributed by atoms with E-state index in [2.05, 4.69) is 4.90 Å². The first-order valence-corrected chi connectivity index (χ1v) is 10.5. The third-order valence-corrected chi connectivity index (χ3v) is 6.14. The molecule has 2 aliphatic rings. The normalized spacial score (nSPS) is 19.6. The Morgan fingerprint density at radius 2 is 1.97 bits per heavy atom. The van der Waals surface area contributed by atoms with Gasteiger partial charge in [-0.2, -0.15) is 0 Å². The van der Waals surface area contributed by atoms with Gasteiger partial charge in [0.1, 0.15) is 11.6 Å². The minimum Gasteiger partial charge on any atom is -0.480 e. The van der Waals surface area contributed by atoms with Crippen molar-refractivity contribution in [2.45, 2.75) is 31.8 Å². The van der Waals surface area contributed by atoms with Gasteiger partial charge in [-0.3, -0.25) is 4.79 Å². The number of amides is 1. The Hall–Kier alpha value is -2.40. The van der Waals surface area contributed by atoms with Gasteiger partial charge in [-0.05, 0) is 67.6 Å². The number of nitrogens with zero attached hydrogens (tertiary/aromatic N) is 2. The second-order valence-corrected chi connectivity index (χ2v) is 8.30. The zero-order valence-corrected chi connectivity index (χ0v) is 17.0. The molecule has 0 saturated carbocycles. The van der Waals surface area contributed by atoms with Gasteiger partial charge in [0.05, 0.1) is 0 Å². The second-order valence-electron chi connectivity index (χ2n) is 8.30. The van der Waals surface area contributed by atoms with Crippen LogP contribution in [-0.4, -0.2) is 55.0 Å². The Labute approximate surface area is 172 Å². The largest absolute Gasteiger partial charge is 0.480 e. The first-order chi connectivity index (χ1) is 14.1. The van der Waals surface area contributed by atoms with Crippen LogP contribution in [-0.2, 0) is 17.6 Å². The maximum absolute atomic E-state index is 13.3. The van der Waals surface area contributed by atoms with Gasteiger partial charge in [-0.25, -0.2) is 4.39 Å². The maximum atomic E-state index is 13.3. The van der Waals surface area contributed by atoms with E-state index in [4.69, 9.17) is 4.74 Å². The molecule has 5 heteroatoms. The molecule has 2 aliphatic heterocycles. The number of hydrogen-bond acceptors (Lipinski definition) is 3. The minimum atomic E-state index is -0.385. The number of fused-ring (bicyclic) bond motifs is 1. The quantitative estimate of drug-likeness (QED) is 0.749. The highest BCUT2D eigenvalue weighted by atomic mass is 19.1. The van der Waals surface area contributed by atoms with Gasteiger partial charge >= 0.3 is 0 Å². The fourth-order valence-electron chi connectivity index (χ4n) is 4.42. The van der Waals surface area contributed by atoms with Crippen LogP contribution in [0.2, 0.25) is 0 Å². The van der Waals surface area contributed by atoms with Crippen LogP contribution >= 0.6 is 0 Å². The van der Waals surface area contributed by atoms with Crippen LogP contribution in [0.25, 0.3) is 0 Å². The number of halogens is 1. The van der Waals surface area contributed by atoms with Crippen molar-refractivity contribution in [3.63, 3.8) is 0 Å². The number of piperidine rings is 1. The molecule has 2 heterocycles. The number of carbonyl (C=O) groups excluding carboxylic acids is 1. The molecule has 2 aromatic carbocycles. The molecule has 0 N–H and O–H groups in total. The van der Waals surface area contributed by atoms with Crippen molar-refractivity contribution in [1.29, 1.82) is 0 Å². The molecule has 1 amide bonds. The molecule has 4 rings (SSSR count). The van der Waals surface area contributed by atoms with Crippen molar-refractivity contribution in [3.05, 3.63) is 65.5 Å². The van der Waals surface area contributed by atoms with Gasteiger partial charge in [0.2, 0.25) is 0 Å². The summed E-state index contributed by atoms with van der Waals surface area (Å²) in [6.07, 6.45) is 3.33. The fraction of sp³-hybridized carbons (Fsp3) is 0.458. The molecule has 4 nitrogen and oxygen atoms in total. The van der Waals surface area contributed by atoms with Crippen molar-refractivity contribution < 1.29 is 13.9 Å². The topological polar surface area (TPSA) is 32.8 Å². The summed E-state index contributed by atoms with van der Waals surface area (Å²) in [6.45, 7) is 3.81. The van der Waals surface area contributed by atoms with Crippen molar-refractivity contribution >= 4 is 5.91 Å². The zero-order valence-electron chi connectivity index (χ0n) is 17.0. The monoisotopic (exact) mass is 396 g/mol. The van der Waals surface area contributed by atoms with Crippen LogP contribution in [0.4, 0.5) is 4.39 Å². The first-order valence-electron chi connectivity index (χ1n) is 10.5. The molecule has 1 saturated heterocycles. The van der Waals surface area contributed by atoms with E-state index in [1.54, 1.807) is 12.1 Å². The number of hydrogen-bond donors (Lipinski definition) is 0. The molecule has 29 heavy (non-hydrogen) atoms. The van der Waals surface area contributed by atoms with Crippen molar-refractivity contribution in [2.24, 2.45) is 5.92 Å². The molecule has 0 spiro atoms. The smallest absolute Gasteiger partial charge is 0.263 e. The van der Waals surface area contributed by atoms with Crippen LogP contribution in [0, 0.1) is 11.7 Å². The molecule has 154 valence electrons. The summed E-state index contributed by atoms with van der Waals surface area (Å²) in [7, 11) is 1.89. The van der Waals surface area contributed by atoms with Gasteiger partial charge in [-0.1, -0.05) is 30.3 Å². The lowest BCUT2D eigenvalue weighted by molar-refractivity contribution is -0.137. The minimum absolute atomic E-state index is 0.0785. The van der Waals surface area contributed by atoms with Crippen LogP contribution in [0.3, 0.4) is 0 Å². The molecule has 0 bridgehead atoms. The highest BCUT2D eigenvalue weighted by Gasteiger charge is 2.32. The third-order valence-electron chi connectivity index (χ3n) is 6.14. The van der Waals surface area contributed by atoms with E-state index >= 15 is 0 Å². The molecule has 0 aromatic heterocycles. The zero-order chi connectivity index (χ0) is 20.2. The summed E-state index contributed by atoms with van der Waals surface area (Å²) in [5.41, 5.74) is 2.17. The number of likely N-dealkylation sites (tertiary alicyclic amines) is 1. The van der Waals surface area contributed by atoms with E-state index in [9.17, 15) is 9.18 Å². The lowest BCUT2D eigenvalue weighted by atomic mass is 9.95. The summed E-state index contributed by atoms with van der Waals surface area (Å²) >= 11 is 0. The Morgan fingerprint density at radius 3 is 2.72 bits per heavy atom. The number of carbonyl (C=O) groups is 1. The molecule has 1 fully saturated rings. The first kappa shape index (κ1) is 19.9. The highest BCUT2D eigenvalue weighted by Crippen LogP contribution is 2.29. The summed E-state index contributed by atoms with van der Waals surface area (Å²) in [5.74, 6) is 1.28.